The molecule has 2 amide bonds. The maximum absolute atomic E-state index is 13.0. The van der Waals surface area contributed by atoms with Crippen LogP contribution in [0.4, 0.5) is 5.69 Å². The molecule has 31 heavy (non-hydrogen) atoms. The number of anilines is 1. The number of hydrogen-bond acceptors (Lipinski definition) is 5. The Labute approximate surface area is 181 Å². The van der Waals surface area contributed by atoms with Crippen LogP contribution in [0.15, 0.2) is 47.4 Å². The average Bonchev–Trinajstić information content (AvgIpc) is 3.00. The van der Waals surface area contributed by atoms with Gasteiger partial charge in [-0.25, -0.2) is 8.42 Å². The molecule has 2 aliphatic rings. The second kappa shape index (κ2) is 8.16. The largest absolute Gasteiger partial charge is 0.280 e. The van der Waals surface area contributed by atoms with Gasteiger partial charge in [0.1, 0.15) is 0 Å². The first-order valence-corrected chi connectivity index (χ1v) is 11.8. The Hall–Kier alpha value is -3.18. The molecule has 2 aromatic carbocycles. The zero-order chi connectivity index (χ0) is 22.2. The van der Waals surface area contributed by atoms with Crippen LogP contribution in [-0.4, -0.2) is 25.1 Å². The smallest absolute Gasteiger partial charge is 0.262 e. The van der Waals surface area contributed by atoms with Gasteiger partial charge in [-0.15, -0.1) is 0 Å². The Kier molecular flexibility index (Phi) is 5.54. The van der Waals surface area contributed by atoms with Gasteiger partial charge in [-0.2, -0.15) is 5.26 Å². The number of aryl methyl sites for hydroxylation is 1. The van der Waals surface area contributed by atoms with Gasteiger partial charge in [-0.1, -0.05) is 31.0 Å². The minimum atomic E-state index is -3.92. The molecule has 160 valence electrons. The van der Waals surface area contributed by atoms with E-state index in [1.54, 1.807) is 37.3 Å². The lowest BCUT2D eigenvalue weighted by atomic mass is 9.81. The topological polar surface area (TPSA) is 107 Å². The Morgan fingerprint density at radius 3 is 2.39 bits per heavy atom. The summed E-state index contributed by atoms with van der Waals surface area (Å²) in [6, 6.07) is 13.1. The molecule has 2 atom stereocenters. The van der Waals surface area contributed by atoms with Crippen LogP contribution in [-0.2, 0) is 26.2 Å². The predicted molar refractivity (Wildman–Crippen MR) is 114 cm³/mol. The van der Waals surface area contributed by atoms with Crippen molar-refractivity contribution in [3.63, 3.8) is 0 Å². The van der Waals surface area contributed by atoms with E-state index in [9.17, 15) is 18.0 Å². The van der Waals surface area contributed by atoms with Crippen LogP contribution in [0.5, 0.6) is 0 Å². The Morgan fingerprint density at radius 1 is 1.06 bits per heavy atom. The predicted octanol–water partition coefficient (Wildman–Crippen LogP) is 3.34. The molecule has 8 heteroatoms. The van der Waals surface area contributed by atoms with Gasteiger partial charge in [-0.05, 0) is 55.2 Å². The number of benzene rings is 2. The average molecular weight is 438 g/mol. The summed E-state index contributed by atoms with van der Waals surface area (Å²) in [6.07, 6.45) is 3.40. The molecule has 0 spiro atoms. The highest BCUT2D eigenvalue weighted by Crippen LogP contribution is 2.38. The zero-order valence-corrected chi connectivity index (χ0v) is 18.0. The molecule has 4 rings (SSSR count). The van der Waals surface area contributed by atoms with E-state index < -0.39 is 10.0 Å². The standard InChI is InChI=1S/C23H23N3O4S/c1-15-9-10-17(14-26-22(27)19-7-2-3-8-20(19)23(26)28)12-21(15)31(29,30)25-18-6-4-5-16(11-18)13-24/h4-6,9-12,19-20,25H,2-3,7-8,14H2,1H3/t19-,20-/m1/s1. The van der Waals surface area contributed by atoms with Gasteiger partial charge in [0.25, 0.3) is 10.0 Å². The highest BCUT2D eigenvalue weighted by atomic mass is 32.2. The van der Waals surface area contributed by atoms with Crippen LogP contribution in [0.2, 0.25) is 0 Å². The van der Waals surface area contributed by atoms with Gasteiger partial charge in [0, 0.05) is 0 Å². The third kappa shape index (κ3) is 4.06. The van der Waals surface area contributed by atoms with E-state index in [-0.39, 0.29) is 40.8 Å². The van der Waals surface area contributed by atoms with Gasteiger partial charge < -0.3 is 0 Å². The number of nitrogens with zero attached hydrogens (tertiary/aromatic N) is 2. The molecule has 1 saturated heterocycles. The summed E-state index contributed by atoms with van der Waals surface area (Å²) >= 11 is 0. The number of likely N-dealkylation sites (tertiary alicyclic amines) is 1. The summed E-state index contributed by atoms with van der Waals surface area (Å²) in [5.74, 6) is -0.759. The summed E-state index contributed by atoms with van der Waals surface area (Å²) in [4.78, 5) is 26.9. The summed E-state index contributed by atoms with van der Waals surface area (Å²) in [7, 11) is -3.92. The number of fused-ring (bicyclic) bond motifs is 1. The number of sulfonamides is 1. The Bertz CT molecular complexity index is 1180. The number of rotatable bonds is 5. The van der Waals surface area contributed by atoms with Crippen molar-refractivity contribution in [2.75, 3.05) is 4.72 Å². The van der Waals surface area contributed by atoms with E-state index in [0.717, 1.165) is 25.7 Å². The minimum absolute atomic E-state index is 0.0668. The Balaban J connectivity index is 1.59. The maximum atomic E-state index is 13.0. The molecule has 7 nitrogen and oxygen atoms in total. The fourth-order valence-electron chi connectivity index (χ4n) is 4.46. The quantitative estimate of drug-likeness (QED) is 0.722. The third-order valence-electron chi connectivity index (χ3n) is 6.06. The van der Waals surface area contributed by atoms with E-state index in [0.29, 0.717) is 16.7 Å². The molecule has 0 unspecified atom stereocenters. The Morgan fingerprint density at radius 2 is 1.74 bits per heavy atom. The molecule has 1 N–H and O–H groups in total. The molecule has 1 aliphatic heterocycles. The van der Waals surface area contributed by atoms with Crippen molar-refractivity contribution >= 4 is 27.5 Å². The normalized spacial score (nSPS) is 21.0. The summed E-state index contributed by atoms with van der Waals surface area (Å²) in [5, 5.41) is 9.03. The van der Waals surface area contributed by atoms with Crippen molar-refractivity contribution in [1.29, 1.82) is 5.26 Å². The highest BCUT2D eigenvalue weighted by molar-refractivity contribution is 7.92. The van der Waals surface area contributed by atoms with E-state index >= 15 is 0 Å². The van der Waals surface area contributed by atoms with Crippen LogP contribution in [0, 0.1) is 30.1 Å². The van der Waals surface area contributed by atoms with Crippen molar-refractivity contribution in [1.82, 2.24) is 4.90 Å². The molecule has 1 heterocycles. The van der Waals surface area contributed by atoms with Gasteiger partial charge in [0.2, 0.25) is 11.8 Å². The maximum Gasteiger partial charge on any atom is 0.262 e. The molecular formula is C23H23N3O4S. The van der Waals surface area contributed by atoms with E-state index in [1.165, 1.54) is 17.0 Å². The van der Waals surface area contributed by atoms with Crippen molar-refractivity contribution in [3.8, 4) is 6.07 Å². The number of nitrogens with one attached hydrogen (secondary N) is 1. The van der Waals surface area contributed by atoms with Crippen molar-refractivity contribution in [2.24, 2.45) is 11.8 Å². The van der Waals surface area contributed by atoms with Gasteiger partial charge in [0.05, 0.1) is 40.6 Å². The lowest BCUT2D eigenvalue weighted by Crippen LogP contribution is -2.30. The number of hydrogen-bond donors (Lipinski definition) is 1. The van der Waals surface area contributed by atoms with Crippen molar-refractivity contribution in [3.05, 3.63) is 59.2 Å². The van der Waals surface area contributed by atoms with Crippen LogP contribution in [0.25, 0.3) is 0 Å². The van der Waals surface area contributed by atoms with Gasteiger partial charge >= 0.3 is 0 Å². The van der Waals surface area contributed by atoms with Crippen molar-refractivity contribution < 1.29 is 18.0 Å². The summed E-state index contributed by atoms with van der Waals surface area (Å²) in [6.45, 7) is 1.75. The molecule has 2 aromatic rings. The fraction of sp³-hybridized carbons (Fsp3) is 0.348. The van der Waals surface area contributed by atoms with Crippen LogP contribution < -0.4 is 4.72 Å². The first-order valence-electron chi connectivity index (χ1n) is 10.3. The molecule has 0 aromatic heterocycles. The van der Waals surface area contributed by atoms with Crippen LogP contribution in [0.1, 0.15) is 42.4 Å². The van der Waals surface area contributed by atoms with E-state index in [1.807, 2.05) is 6.07 Å². The number of imide groups is 1. The second-order valence-electron chi connectivity index (χ2n) is 8.16. The fourth-order valence-corrected chi connectivity index (χ4v) is 5.81. The molecule has 1 aliphatic carbocycles. The first kappa shape index (κ1) is 21.1. The minimum Gasteiger partial charge on any atom is -0.280 e. The summed E-state index contributed by atoms with van der Waals surface area (Å²) < 4.78 is 28.5. The lowest BCUT2D eigenvalue weighted by Gasteiger charge is -2.19. The molecule has 0 bridgehead atoms. The molecule has 2 fully saturated rings. The molecule has 0 radical (unpaired) electrons. The molecular weight excluding hydrogens is 414 g/mol. The van der Waals surface area contributed by atoms with Gasteiger partial charge in [0.15, 0.2) is 0 Å². The first-order chi connectivity index (χ1) is 14.8. The summed E-state index contributed by atoms with van der Waals surface area (Å²) in [5.41, 5.74) is 1.76. The third-order valence-corrected chi connectivity index (χ3v) is 7.58. The number of nitriles is 1. The van der Waals surface area contributed by atoms with Gasteiger partial charge in [-0.3, -0.25) is 19.2 Å². The SMILES string of the molecule is Cc1ccc(CN2C(=O)[C@@H]3CCCC[C@H]3C2=O)cc1S(=O)(=O)Nc1cccc(C#N)c1. The molecule has 1 saturated carbocycles. The van der Waals surface area contributed by atoms with E-state index in [2.05, 4.69) is 4.72 Å². The van der Waals surface area contributed by atoms with Crippen LogP contribution >= 0.6 is 0 Å². The zero-order valence-electron chi connectivity index (χ0n) is 17.2. The monoisotopic (exact) mass is 437 g/mol. The highest BCUT2D eigenvalue weighted by Gasteiger charge is 2.47. The van der Waals surface area contributed by atoms with Crippen LogP contribution in [0.3, 0.4) is 0 Å². The number of amides is 2. The number of carbonyl (C=O) groups excluding carboxylic acids is 2. The van der Waals surface area contributed by atoms with E-state index in [4.69, 9.17) is 5.26 Å². The van der Waals surface area contributed by atoms with Crippen molar-refractivity contribution in [2.45, 2.75) is 44.0 Å². The lowest BCUT2D eigenvalue weighted by molar-refractivity contribution is -0.140. The number of carbonyl (C=O) groups is 2. The second-order valence-corrected chi connectivity index (χ2v) is 9.81.